The fourth-order valence-corrected chi connectivity index (χ4v) is 13.9. The van der Waals surface area contributed by atoms with E-state index in [1.54, 1.807) is 0 Å². The molecule has 6 aromatic heterocycles. The van der Waals surface area contributed by atoms with Gasteiger partial charge in [0, 0.05) is 87.4 Å². The number of aromatic nitrogens is 2. The van der Waals surface area contributed by atoms with E-state index >= 15 is 0 Å². The van der Waals surface area contributed by atoms with Crippen LogP contribution in [0.15, 0.2) is 227 Å². The van der Waals surface area contributed by atoms with Gasteiger partial charge in [-0.3, -0.25) is 0 Å². The first-order chi connectivity index (χ1) is 39.0. The number of furan rings is 2. The third-order valence-corrected chi connectivity index (χ3v) is 17.4. The molecule has 6 heteroatoms. The quantitative estimate of drug-likeness (QED) is 0.166. The summed E-state index contributed by atoms with van der Waals surface area (Å²) < 4.78 is 18.0. The van der Waals surface area contributed by atoms with Crippen molar-refractivity contribution in [2.24, 2.45) is 0 Å². The van der Waals surface area contributed by atoms with Crippen LogP contribution in [0.1, 0.15) is 52.7 Å². The molecule has 0 bridgehead atoms. The molecule has 6 nitrogen and oxygen atoms in total. The van der Waals surface area contributed by atoms with Gasteiger partial charge >= 0.3 is 0 Å². The summed E-state index contributed by atoms with van der Waals surface area (Å²) in [5.74, 6) is 0. The summed E-state index contributed by atoms with van der Waals surface area (Å²) in [4.78, 5) is 4.91. The summed E-state index contributed by atoms with van der Waals surface area (Å²) in [6.07, 6.45) is 0. The molecule has 0 saturated carbocycles. The van der Waals surface area contributed by atoms with Crippen molar-refractivity contribution in [2.75, 3.05) is 9.80 Å². The molecule has 0 unspecified atom stereocenters. The molecule has 0 aliphatic rings. The maximum atomic E-state index is 6.40. The summed E-state index contributed by atoms with van der Waals surface area (Å²) in [6, 6.07) is 80.3. The molecule has 17 rings (SSSR count). The molecule has 0 N–H and O–H groups in total. The largest absolute Gasteiger partial charge is 0.456 e. The number of rotatable bonds is 6. The predicted octanol–water partition coefficient (Wildman–Crippen LogP) is 21.3. The van der Waals surface area contributed by atoms with Crippen LogP contribution >= 0.6 is 0 Å². The van der Waals surface area contributed by atoms with Crippen LogP contribution in [0.3, 0.4) is 0 Å². The summed E-state index contributed by atoms with van der Waals surface area (Å²) >= 11 is 0. The average Bonchev–Trinajstić information content (AvgIpc) is 4.50. The number of para-hydroxylation sites is 6. The molecule has 0 saturated heterocycles. The summed E-state index contributed by atoms with van der Waals surface area (Å²) in [5, 5.41) is 14.3. The zero-order chi connectivity index (χ0) is 53.5. The second-order valence-corrected chi connectivity index (χ2v) is 24.1. The number of hydrogen-bond acceptors (Lipinski definition) is 4. The predicted molar refractivity (Wildman–Crippen MR) is 337 cm³/mol. The normalized spacial score (nSPS) is 12.9. The van der Waals surface area contributed by atoms with Crippen molar-refractivity contribution in [3.05, 3.63) is 230 Å². The van der Waals surface area contributed by atoms with Gasteiger partial charge in [-0.15, -0.1) is 0 Å². The topological polar surface area (TPSA) is 41.6 Å². The second-order valence-electron chi connectivity index (χ2n) is 24.1. The molecule has 6 heterocycles. The zero-order valence-electron chi connectivity index (χ0n) is 45.4. The Morgan fingerprint density at radius 1 is 0.287 bits per heavy atom. The average molecular weight is 1030 g/mol. The van der Waals surface area contributed by atoms with E-state index in [0.717, 1.165) is 78.0 Å². The Bertz CT molecular complexity index is 5050. The molecule has 0 spiro atoms. The van der Waals surface area contributed by atoms with Crippen molar-refractivity contribution in [3.8, 4) is 0 Å². The lowest BCUT2D eigenvalue weighted by Crippen LogP contribution is -2.12. The zero-order valence-corrected chi connectivity index (χ0v) is 45.4. The molecule has 0 atom stereocenters. The fourth-order valence-electron chi connectivity index (χ4n) is 13.9. The van der Waals surface area contributed by atoms with Crippen molar-refractivity contribution >= 4 is 154 Å². The van der Waals surface area contributed by atoms with E-state index in [2.05, 4.69) is 266 Å². The molecular weight excluding hydrogens is 977 g/mol. The monoisotopic (exact) mass is 1030 g/mol. The highest BCUT2D eigenvalue weighted by Crippen LogP contribution is 2.53. The first kappa shape index (κ1) is 45.3. The van der Waals surface area contributed by atoms with Crippen LogP contribution in [0.4, 0.5) is 34.1 Å². The minimum Gasteiger partial charge on any atom is -0.456 e. The van der Waals surface area contributed by atoms with Crippen LogP contribution in [0.25, 0.3) is 120 Å². The van der Waals surface area contributed by atoms with Crippen LogP contribution in [0.2, 0.25) is 0 Å². The molecule has 0 aliphatic carbocycles. The SMILES string of the molecule is CC(C)(C)c1cccc2c3c(N(c4ccccc4)c4ccc5oc6ccccc6c5c4)ccc4c5cc6c(cc5n(c12)c43)c1ccc(N(c2ccccc2)c2ccc3oc4ccccc4c3c2)c2c3cccc(C(C)(C)C)c3n6c12. The standard InChI is InChI=1S/C74H54N4O2/c1-73(2,3)57-27-17-25-51-67-59(75(43-19-9-7-10-20-43)45-31-37-65-55(39-45)47-23-13-15-29-63(47)79-65)35-33-49-53-42-62-54(41-61(53)77(69(51)57)71(49)67)50-34-36-60(68-52-26-18-28-58(74(4,5)6)70(52)78(62)72(50)68)76(44-21-11-8-12-22-44)46-32-38-66-56(40-46)48-24-14-16-30-64(48)80-66/h7-42H,1-6H3. The molecule has 382 valence electrons. The van der Waals surface area contributed by atoms with Gasteiger partial charge in [-0.1, -0.05) is 163 Å². The summed E-state index contributed by atoms with van der Waals surface area (Å²) in [5.41, 5.74) is 19.9. The fraction of sp³-hybridized carbons (Fsp3) is 0.108. The molecule has 0 amide bonds. The molecular formula is C74H54N4O2. The summed E-state index contributed by atoms with van der Waals surface area (Å²) in [7, 11) is 0. The Morgan fingerprint density at radius 3 is 1.10 bits per heavy atom. The van der Waals surface area contributed by atoms with Gasteiger partial charge in [0.25, 0.3) is 0 Å². The first-order valence-electron chi connectivity index (χ1n) is 27.9. The molecule has 80 heavy (non-hydrogen) atoms. The molecule has 0 radical (unpaired) electrons. The van der Waals surface area contributed by atoms with E-state index in [0.29, 0.717) is 0 Å². The van der Waals surface area contributed by atoms with Crippen molar-refractivity contribution in [3.63, 3.8) is 0 Å². The van der Waals surface area contributed by atoms with E-state index in [4.69, 9.17) is 8.83 Å². The van der Waals surface area contributed by atoms with Gasteiger partial charge in [0.15, 0.2) is 0 Å². The van der Waals surface area contributed by atoms with Crippen molar-refractivity contribution in [1.29, 1.82) is 0 Å². The molecule has 0 aliphatic heterocycles. The highest BCUT2D eigenvalue weighted by atomic mass is 16.3. The Hall–Kier alpha value is -9.78. The van der Waals surface area contributed by atoms with Crippen LogP contribution < -0.4 is 9.80 Å². The number of fused-ring (bicyclic) bond motifs is 18. The summed E-state index contributed by atoms with van der Waals surface area (Å²) in [6.45, 7) is 14.1. The second kappa shape index (κ2) is 15.9. The van der Waals surface area contributed by atoms with Gasteiger partial charge in [0.2, 0.25) is 0 Å². The highest BCUT2D eigenvalue weighted by Gasteiger charge is 2.32. The van der Waals surface area contributed by atoms with Gasteiger partial charge in [-0.2, -0.15) is 0 Å². The lowest BCUT2D eigenvalue weighted by Gasteiger charge is -2.26. The Morgan fingerprint density at radius 2 is 0.675 bits per heavy atom. The van der Waals surface area contributed by atoms with Gasteiger partial charge in [0.05, 0.1) is 44.5 Å². The maximum absolute atomic E-state index is 6.40. The van der Waals surface area contributed by atoms with Crippen LogP contribution in [0.5, 0.6) is 0 Å². The third kappa shape index (κ3) is 6.13. The van der Waals surface area contributed by atoms with Crippen molar-refractivity contribution < 1.29 is 8.83 Å². The van der Waals surface area contributed by atoms with E-state index in [1.165, 1.54) is 87.3 Å². The first-order valence-corrected chi connectivity index (χ1v) is 27.9. The Kier molecular flexibility index (Phi) is 9.01. The van der Waals surface area contributed by atoms with E-state index in [9.17, 15) is 0 Å². The van der Waals surface area contributed by atoms with Gasteiger partial charge in [-0.25, -0.2) is 0 Å². The van der Waals surface area contributed by atoms with Crippen molar-refractivity contribution in [1.82, 2.24) is 8.80 Å². The lowest BCUT2D eigenvalue weighted by atomic mass is 9.85. The van der Waals surface area contributed by atoms with E-state index in [-0.39, 0.29) is 10.8 Å². The minimum absolute atomic E-state index is 0.151. The Labute approximate surface area is 461 Å². The van der Waals surface area contributed by atoms with E-state index < -0.39 is 0 Å². The van der Waals surface area contributed by atoms with Crippen LogP contribution in [-0.2, 0) is 10.8 Å². The van der Waals surface area contributed by atoms with Gasteiger partial charge in [-0.05, 0) is 119 Å². The van der Waals surface area contributed by atoms with Crippen LogP contribution in [-0.4, -0.2) is 8.80 Å². The molecule has 0 fully saturated rings. The Balaban J connectivity index is 0.983. The number of nitrogens with zero attached hydrogens (tertiary/aromatic N) is 4. The number of anilines is 6. The van der Waals surface area contributed by atoms with Crippen LogP contribution in [0, 0.1) is 0 Å². The van der Waals surface area contributed by atoms with Gasteiger partial charge in [0.1, 0.15) is 22.3 Å². The van der Waals surface area contributed by atoms with Crippen molar-refractivity contribution in [2.45, 2.75) is 52.4 Å². The van der Waals surface area contributed by atoms with E-state index in [1.807, 2.05) is 12.1 Å². The molecule has 17 aromatic rings. The highest BCUT2D eigenvalue weighted by molar-refractivity contribution is 6.33. The lowest BCUT2D eigenvalue weighted by molar-refractivity contribution is 0.594. The smallest absolute Gasteiger partial charge is 0.135 e. The number of hydrogen-bond donors (Lipinski definition) is 0. The minimum atomic E-state index is -0.151. The number of benzene rings is 11. The maximum Gasteiger partial charge on any atom is 0.135 e. The van der Waals surface area contributed by atoms with Gasteiger partial charge < -0.3 is 27.4 Å². The molecule has 11 aromatic carbocycles. The third-order valence-electron chi connectivity index (χ3n) is 17.4.